The Hall–Kier alpha value is -1.70. The number of rotatable bonds is 6. The molecule has 0 bridgehead atoms. The Balaban J connectivity index is 2.05. The molecule has 7 heteroatoms. The minimum atomic E-state index is -3.47. The van der Waals surface area contributed by atoms with Crippen LogP contribution in [0, 0.1) is 13.8 Å². The molecule has 1 heterocycles. The standard InChI is InChI=1S/C14H18N2O4S/c1-10-14(11(2)20-16-10)7-15-21(18,19)9-13-5-3-4-12(6-13)8-17/h3-6,15,17H,7-9H2,1-2H3. The van der Waals surface area contributed by atoms with Gasteiger partial charge in [0.05, 0.1) is 18.1 Å². The largest absolute Gasteiger partial charge is 0.392 e. The molecule has 2 N–H and O–H groups in total. The fourth-order valence-electron chi connectivity index (χ4n) is 2.02. The highest BCUT2D eigenvalue weighted by Crippen LogP contribution is 2.13. The van der Waals surface area contributed by atoms with Crippen LogP contribution in [-0.2, 0) is 28.9 Å². The maximum Gasteiger partial charge on any atom is 0.216 e. The van der Waals surface area contributed by atoms with Gasteiger partial charge in [0.1, 0.15) is 5.76 Å². The molecule has 2 aromatic rings. The molecule has 6 nitrogen and oxygen atoms in total. The maximum absolute atomic E-state index is 12.1. The predicted molar refractivity (Wildman–Crippen MR) is 77.8 cm³/mol. The molecule has 0 aliphatic rings. The molecule has 0 atom stereocenters. The van der Waals surface area contributed by atoms with Crippen LogP contribution in [0.4, 0.5) is 0 Å². The summed E-state index contributed by atoms with van der Waals surface area (Å²) in [7, 11) is -3.47. The first-order chi connectivity index (χ1) is 9.91. The number of aliphatic hydroxyl groups is 1. The van der Waals surface area contributed by atoms with Crippen LogP contribution in [0.25, 0.3) is 0 Å². The Morgan fingerprint density at radius 3 is 2.62 bits per heavy atom. The van der Waals surface area contributed by atoms with E-state index in [1.54, 1.807) is 38.1 Å². The lowest BCUT2D eigenvalue weighted by Gasteiger charge is -2.07. The van der Waals surface area contributed by atoms with Crippen LogP contribution in [0.5, 0.6) is 0 Å². The molecular weight excluding hydrogens is 292 g/mol. The van der Waals surface area contributed by atoms with E-state index in [1.165, 1.54) is 0 Å². The fraction of sp³-hybridized carbons (Fsp3) is 0.357. The molecule has 0 aliphatic carbocycles. The van der Waals surface area contributed by atoms with Crippen molar-refractivity contribution in [1.82, 2.24) is 9.88 Å². The number of hydrogen-bond acceptors (Lipinski definition) is 5. The van der Waals surface area contributed by atoms with Gasteiger partial charge in [0, 0.05) is 12.1 Å². The average molecular weight is 310 g/mol. The van der Waals surface area contributed by atoms with Gasteiger partial charge in [-0.1, -0.05) is 29.4 Å². The maximum atomic E-state index is 12.1. The normalized spacial score (nSPS) is 11.8. The van der Waals surface area contributed by atoms with E-state index in [0.717, 1.165) is 5.56 Å². The van der Waals surface area contributed by atoms with Crippen molar-refractivity contribution in [3.8, 4) is 0 Å². The van der Waals surface area contributed by atoms with E-state index < -0.39 is 10.0 Å². The second-order valence-corrected chi connectivity index (χ2v) is 6.67. The summed E-state index contributed by atoms with van der Waals surface area (Å²) in [5.41, 5.74) is 2.75. The lowest BCUT2D eigenvalue weighted by Crippen LogP contribution is -2.25. The number of aliphatic hydroxyl groups excluding tert-OH is 1. The van der Waals surface area contributed by atoms with Gasteiger partial charge in [-0.25, -0.2) is 13.1 Å². The highest BCUT2D eigenvalue weighted by Gasteiger charge is 2.15. The van der Waals surface area contributed by atoms with Crippen LogP contribution >= 0.6 is 0 Å². The molecule has 0 unspecified atom stereocenters. The first kappa shape index (κ1) is 15.7. The summed E-state index contributed by atoms with van der Waals surface area (Å²) < 4.78 is 31.7. The van der Waals surface area contributed by atoms with Gasteiger partial charge in [-0.15, -0.1) is 0 Å². The molecule has 0 saturated carbocycles. The first-order valence-corrected chi connectivity index (χ1v) is 8.14. The van der Waals surface area contributed by atoms with Gasteiger partial charge in [0.2, 0.25) is 10.0 Å². The van der Waals surface area contributed by atoms with E-state index in [1.807, 2.05) is 0 Å². The predicted octanol–water partition coefficient (Wildman–Crippen LogP) is 1.40. The van der Waals surface area contributed by atoms with Gasteiger partial charge in [0.15, 0.2) is 0 Å². The number of aromatic nitrogens is 1. The SMILES string of the molecule is Cc1noc(C)c1CNS(=O)(=O)Cc1cccc(CO)c1. The quantitative estimate of drug-likeness (QED) is 0.841. The molecule has 0 amide bonds. The minimum Gasteiger partial charge on any atom is -0.392 e. The van der Waals surface area contributed by atoms with E-state index in [2.05, 4.69) is 9.88 Å². The van der Waals surface area contributed by atoms with Gasteiger partial charge < -0.3 is 9.63 Å². The molecule has 0 radical (unpaired) electrons. The summed E-state index contributed by atoms with van der Waals surface area (Å²) in [4.78, 5) is 0. The molecule has 0 saturated heterocycles. The van der Waals surface area contributed by atoms with Gasteiger partial charge in [-0.3, -0.25) is 0 Å². The van der Waals surface area contributed by atoms with Gasteiger partial charge in [-0.2, -0.15) is 0 Å². The van der Waals surface area contributed by atoms with Gasteiger partial charge >= 0.3 is 0 Å². The van der Waals surface area contributed by atoms with Crippen molar-refractivity contribution in [3.63, 3.8) is 0 Å². The first-order valence-electron chi connectivity index (χ1n) is 6.49. The van der Waals surface area contributed by atoms with Gasteiger partial charge in [0.25, 0.3) is 0 Å². The molecule has 0 fully saturated rings. The monoisotopic (exact) mass is 310 g/mol. The lowest BCUT2D eigenvalue weighted by atomic mass is 10.1. The highest BCUT2D eigenvalue weighted by atomic mass is 32.2. The van der Waals surface area contributed by atoms with Crippen molar-refractivity contribution in [1.29, 1.82) is 0 Å². The smallest absolute Gasteiger partial charge is 0.216 e. The number of sulfonamides is 1. The molecule has 2 rings (SSSR count). The molecule has 21 heavy (non-hydrogen) atoms. The summed E-state index contributed by atoms with van der Waals surface area (Å²) in [5.74, 6) is 0.474. The zero-order valence-electron chi connectivity index (χ0n) is 12.0. The van der Waals surface area contributed by atoms with Crippen molar-refractivity contribution < 1.29 is 18.0 Å². The number of nitrogens with zero attached hydrogens (tertiary/aromatic N) is 1. The van der Waals surface area contributed by atoms with Crippen molar-refractivity contribution in [2.45, 2.75) is 32.8 Å². The second kappa shape index (κ2) is 6.38. The zero-order chi connectivity index (χ0) is 15.5. The third-order valence-electron chi connectivity index (χ3n) is 3.18. The topological polar surface area (TPSA) is 92.4 Å². The third-order valence-corrected chi connectivity index (χ3v) is 4.48. The van der Waals surface area contributed by atoms with E-state index in [0.29, 0.717) is 22.6 Å². The third kappa shape index (κ3) is 4.13. The van der Waals surface area contributed by atoms with Crippen LogP contribution in [0.15, 0.2) is 28.8 Å². The van der Waals surface area contributed by atoms with Crippen LogP contribution in [0.2, 0.25) is 0 Å². The molecule has 0 aliphatic heterocycles. The molecule has 1 aromatic carbocycles. The summed E-state index contributed by atoms with van der Waals surface area (Å²) in [6, 6.07) is 6.86. The molecule has 0 spiro atoms. The van der Waals surface area contributed by atoms with Crippen LogP contribution < -0.4 is 4.72 Å². The molecule has 114 valence electrons. The average Bonchev–Trinajstić information content (AvgIpc) is 2.75. The van der Waals surface area contributed by atoms with Crippen LogP contribution in [0.1, 0.15) is 28.1 Å². The Labute approximate surface area is 123 Å². The Morgan fingerprint density at radius 2 is 2.00 bits per heavy atom. The fourth-order valence-corrected chi connectivity index (χ4v) is 3.11. The molecular formula is C14H18N2O4S. The summed E-state index contributed by atoms with van der Waals surface area (Å²) >= 11 is 0. The van der Waals surface area contributed by atoms with Crippen LogP contribution in [-0.4, -0.2) is 18.7 Å². The highest BCUT2D eigenvalue weighted by molar-refractivity contribution is 7.88. The van der Waals surface area contributed by atoms with Crippen molar-refractivity contribution >= 4 is 10.0 Å². The number of aryl methyl sites for hydroxylation is 2. The van der Waals surface area contributed by atoms with Gasteiger partial charge in [-0.05, 0) is 25.0 Å². The van der Waals surface area contributed by atoms with Crippen molar-refractivity contribution in [2.75, 3.05) is 0 Å². The Bertz CT molecular complexity index is 703. The van der Waals surface area contributed by atoms with E-state index in [9.17, 15) is 8.42 Å². The number of nitrogens with one attached hydrogen (secondary N) is 1. The second-order valence-electron chi connectivity index (χ2n) is 4.86. The number of benzene rings is 1. The van der Waals surface area contributed by atoms with Crippen LogP contribution in [0.3, 0.4) is 0 Å². The summed E-state index contributed by atoms with van der Waals surface area (Å²) in [6.07, 6.45) is 0. The molecule has 1 aromatic heterocycles. The summed E-state index contributed by atoms with van der Waals surface area (Å²) in [5, 5.41) is 12.9. The minimum absolute atomic E-state index is 0.111. The Kier molecular flexibility index (Phi) is 4.76. The van der Waals surface area contributed by atoms with E-state index >= 15 is 0 Å². The van der Waals surface area contributed by atoms with Crippen molar-refractivity contribution in [2.24, 2.45) is 0 Å². The zero-order valence-corrected chi connectivity index (χ0v) is 12.8. The summed E-state index contributed by atoms with van der Waals surface area (Å²) in [6.45, 7) is 3.56. The van der Waals surface area contributed by atoms with Crippen molar-refractivity contribution in [3.05, 3.63) is 52.4 Å². The Morgan fingerprint density at radius 1 is 1.29 bits per heavy atom. The lowest BCUT2D eigenvalue weighted by molar-refractivity contribution is 0.282. The van der Waals surface area contributed by atoms with E-state index in [-0.39, 0.29) is 18.9 Å². The number of hydrogen-bond donors (Lipinski definition) is 2. The van der Waals surface area contributed by atoms with E-state index in [4.69, 9.17) is 9.63 Å².